The minimum absolute atomic E-state index is 0.158. The maximum atomic E-state index is 13.2. The molecule has 0 unspecified atom stereocenters. The number of nitrogens with zero attached hydrogens (tertiary/aromatic N) is 1. The van der Waals surface area contributed by atoms with Crippen LogP contribution in [0.5, 0.6) is 5.75 Å². The molecule has 0 aliphatic carbocycles. The van der Waals surface area contributed by atoms with Crippen molar-refractivity contribution in [1.29, 1.82) is 0 Å². The Kier molecular flexibility index (Phi) is 5.57. The van der Waals surface area contributed by atoms with E-state index in [2.05, 4.69) is 5.32 Å². The van der Waals surface area contributed by atoms with Crippen LogP contribution < -0.4 is 15.0 Å². The van der Waals surface area contributed by atoms with Crippen molar-refractivity contribution in [1.82, 2.24) is 5.32 Å². The van der Waals surface area contributed by atoms with E-state index in [4.69, 9.17) is 9.15 Å². The lowest BCUT2D eigenvalue weighted by Crippen LogP contribution is -2.24. The van der Waals surface area contributed by atoms with E-state index in [0.717, 1.165) is 40.7 Å². The number of furan rings is 1. The van der Waals surface area contributed by atoms with E-state index in [9.17, 15) is 9.59 Å². The second-order valence-corrected chi connectivity index (χ2v) is 8.03. The number of methoxy groups -OCH3 is 1. The van der Waals surface area contributed by atoms with Crippen LogP contribution in [0, 0.1) is 0 Å². The maximum absolute atomic E-state index is 13.2. The van der Waals surface area contributed by atoms with Crippen LogP contribution in [0.3, 0.4) is 0 Å². The Morgan fingerprint density at radius 1 is 1.06 bits per heavy atom. The molecule has 2 heterocycles. The Balaban J connectivity index is 1.39. The van der Waals surface area contributed by atoms with Crippen LogP contribution in [-0.2, 0) is 11.3 Å². The first-order valence-electron chi connectivity index (χ1n) is 11.0. The Hall–Kier alpha value is -4.06. The number of hydrogen-bond donors (Lipinski definition) is 1. The molecule has 5 rings (SSSR count). The normalized spacial score (nSPS) is 13.5. The number of nitrogens with one attached hydrogen (secondary N) is 1. The summed E-state index contributed by atoms with van der Waals surface area (Å²) < 4.78 is 11.3. The van der Waals surface area contributed by atoms with Gasteiger partial charge in [0, 0.05) is 42.2 Å². The van der Waals surface area contributed by atoms with E-state index in [1.54, 1.807) is 18.1 Å². The molecule has 1 N–H and O–H groups in total. The molecule has 0 bridgehead atoms. The van der Waals surface area contributed by atoms with Crippen LogP contribution in [0.25, 0.3) is 22.1 Å². The van der Waals surface area contributed by atoms with Gasteiger partial charge in [0.1, 0.15) is 11.3 Å². The summed E-state index contributed by atoms with van der Waals surface area (Å²) in [5.74, 6) is 0.803. The molecule has 0 spiro atoms. The van der Waals surface area contributed by atoms with Crippen molar-refractivity contribution in [3.05, 3.63) is 84.1 Å². The molecule has 33 heavy (non-hydrogen) atoms. The Morgan fingerprint density at radius 2 is 1.85 bits per heavy atom. The first-order chi connectivity index (χ1) is 16.1. The summed E-state index contributed by atoms with van der Waals surface area (Å²) in [6.07, 6.45) is 1.49. The summed E-state index contributed by atoms with van der Waals surface area (Å²) in [5, 5.41) is 3.82. The van der Waals surface area contributed by atoms with Crippen LogP contribution in [0.2, 0.25) is 0 Å². The van der Waals surface area contributed by atoms with E-state index in [-0.39, 0.29) is 17.6 Å². The lowest BCUT2D eigenvalue weighted by atomic mass is 10.0. The molecule has 0 atom stereocenters. The third kappa shape index (κ3) is 4.07. The molecule has 0 saturated carbocycles. The van der Waals surface area contributed by atoms with Crippen LogP contribution in [0.15, 0.2) is 77.2 Å². The van der Waals surface area contributed by atoms with E-state index in [1.165, 1.54) is 0 Å². The molecule has 6 heteroatoms. The van der Waals surface area contributed by atoms with Crippen LogP contribution in [-0.4, -0.2) is 25.5 Å². The Bertz CT molecular complexity index is 1310. The standard InChI is InChI=1S/C27H24N2O4/c1-32-21-13-14-22-23(16-21)33-26(25(22)19-6-3-2-4-7-19)27(31)28-17-18-9-11-20(12-10-18)29-15-5-8-24(29)30/h2-4,6-7,9-14,16H,5,8,15,17H2,1H3,(H,28,31). The smallest absolute Gasteiger partial charge is 0.287 e. The van der Waals surface area contributed by atoms with Gasteiger partial charge in [-0.3, -0.25) is 9.59 Å². The predicted octanol–water partition coefficient (Wildman–Crippen LogP) is 5.17. The molecular formula is C27H24N2O4. The van der Waals surface area contributed by atoms with Crippen molar-refractivity contribution in [3.8, 4) is 16.9 Å². The fraction of sp³-hybridized carbons (Fsp3) is 0.185. The van der Waals surface area contributed by atoms with Gasteiger partial charge in [-0.25, -0.2) is 0 Å². The van der Waals surface area contributed by atoms with Gasteiger partial charge in [-0.05, 0) is 41.8 Å². The highest BCUT2D eigenvalue weighted by atomic mass is 16.5. The monoisotopic (exact) mass is 440 g/mol. The Morgan fingerprint density at radius 3 is 2.55 bits per heavy atom. The third-order valence-electron chi connectivity index (χ3n) is 5.94. The van der Waals surface area contributed by atoms with Crippen LogP contribution in [0.1, 0.15) is 29.0 Å². The van der Waals surface area contributed by atoms with Crippen molar-refractivity contribution in [2.75, 3.05) is 18.6 Å². The summed E-state index contributed by atoms with van der Waals surface area (Å²) in [7, 11) is 1.60. The summed E-state index contributed by atoms with van der Waals surface area (Å²) in [5.41, 5.74) is 4.10. The fourth-order valence-electron chi connectivity index (χ4n) is 4.23. The number of amides is 2. The Labute approximate surface area is 191 Å². The van der Waals surface area contributed by atoms with Crippen molar-refractivity contribution >= 4 is 28.5 Å². The molecule has 1 aliphatic heterocycles. The van der Waals surface area contributed by atoms with Gasteiger partial charge in [-0.1, -0.05) is 42.5 Å². The van der Waals surface area contributed by atoms with Crippen molar-refractivity contribution in [2.24, 2.45) is 0 Å². The lowest BCUT2D eigenvalue weighted by Gasteiger charge is -2.16. The number of benzene rings is 3. The van der Waals surface area contributed by atoms with E-state index >= 15 is 0 Å². The molecule has 0 radical (unpaired) electrons. The second-order valence-electron chi connectivity index (χ2n) is 8.03. The van der Waals surface area contributed by atoms with Gasteiger partial charge in [0.25, 0.3) is 5.91 Å². The predicted molar refractivity (Wildman–Crippen MR) is 127 cm³/mol. The minimum Gasteiger partial charge on any atom is -0.497 e. The van der Waals surface area contributed by atoms with Gasteiger partial charge < -0.3 is 19.4 Å². The lowest BCUT2D eigenvalue weighted by molar-refractivity contribution is -0.117. The van der Waals surface area contributed by atoms with E-state index in [0.29, 0.717) is 24.3 Å². The number of carbonyl (C=O) groups is 2. The molecule has 1 aliphatic rings. The number of hydrogen-bond acceptors (Lipinski definition) is 4. The average molecular weight is 440 g/mol. The van der Waals surface area contributed by atoms with E-state index in [1.807, 2.05) is 66.7 Å². The molecule has 1 fully saturated rings. The first-order valence-corrected chi connectivity index (χ1v) is 11.0. The molecule has 166 valence electrons. The number of anilines is 1. The van der Waals surface area contributed by atoms with Gasteiger partial charge in [0.05, 0.1) is 7.11 Å². The molecule has 3 aromatic carbocycles. The molecule has 1 saturated heterocycles. The fourth-order valence-corrected chi connectivity index (χ4v) is 4.23. The largest absolute Gasteiger partial charge is 0.497 e. The molecule has 2 amide bonds. The zero-order chi connectivity index (χ0) is 22.8. The van der Waals surface area contributed by atoms with Crippen LogP contribution >= 0.6 is 0 Å². The summed E-state index contributed by atoms with van der Waals surface area (Å²) in [4.78, 5) is 26.9. The van der Waals surface area contributed by atoms with Crippen LogP contribution in [0.4, 0.5) is 5.69 Å². The molecule has 4 aromatic rings. The number of fused-ring (bicyclic) bond motifs is 1. The van der Waals surface area contributed by atoms with E-state index < -0.39 is 0 Å². The van der Waals surface area contributed by atoms with Gasteiger partial charge in [-0.15, -0.1) is 0 Å². The van der Waals surface area contributed by atoms with Crippen molar-refractivity contribution < 1.29 is 18.7 Å². The number of ether oxygens (including phenoxy) is 1. The first kappa shape index (κ1) is 20.8. The van der Waals surface area contributed by atoms with Gasteiger partial charge in [0.2, 0.25) is 11.7 Å². The van der Waals surface area contributed by atoms with Gasteiger partial charge in [0.15, 0.2) is 0 Å². The van der Waals surface area contributed by atoms with Gasteiger partial charge >= 0.3 is 0 Å². The topological polar surface area (TPSA) is 71.8 Å². The zero-order valence-corrected chi connectivity index (χ0v) is 18.3. The summed E-state index contributed by atoms with van der Waals surface area (Å²) in [6.45, 7) is 1.11. The third-order valence-corrected chi connectivity index (χ3v) is 5.94. The highest BCUT2D eigenvalue weighted by Crippen LogP contribution is 2.36. The second kappa shape index (κ2) is 8.82. The minimum atomic E-state index is -0.289. The maximum Gasteiger partial charge on any atom is 0.287 e. The van der Waals surface area contributed by atoms with Gasteiger partial charge in [-0.2, -0.15) is 0 Å². The quantitative estimate of drug-likeness (QED) is 0.449. The highest BCUT2D eigenvalue weighted by molar-refractivity contribution is 6.08. The molecule has 6 nitrogen and oxygen atoms in total. The molecule has 1 aromatic heterocycles. The number of rotatable bonds is 6. The van der Waals surface area contributed by atoms with Crippen molar-refractivity contribution in [2.45, 2.75) is 19.4 Å². The van der Waals surface area contributed by atoms with Crippen molar-refractivity contribution in [3.63, 3.8) is 0 Å². The zero-order valence-electron chi connectivity index (χ0n) is 18.3. The SMILES string of the molecule is COc1ccc2c(-c3ccccc3)c(C(=O)NCc3ccc(N4CCCC4=O)cc3)oc2c1. The number of carbonyl (C=O) groups excluding carboxylic acids is 2. The highest BCUT2D eigenvalue weighted by Gasteiger charge is 2.23. The summed E-state index contributed by atoms with van der Waals surface area (Å²) >= 11 is 0. The average Bonchev–Trinajstić information content (AvgIpc) is 3.46. The summed E-state index contributed by atoms with van der Waals surface area (Å²) in [6, 6.07) is 23.0. The molecular weight excluding hydrogens is 416 g/mol.